The van der Waals surface area contributed by atoms with Crippen molar-refractivity contribution < 1.29 is 22.0 Å². The molecule has 0 bridgehead atoms. The van der Waals surface area contributed by atoms with Gasteiger partial charge in [-0.1, -0.05) is 45.2 Å². The van der Waals surface area contributed by atoms with Gasteiger partial charge < -0.3 is 0 Å². The van der Waals surface area contributed by atoms with E-state index in [2.05, 4.69) is 0 Å². The Balaban J connectivity index is 1.61. The molecule has 35 heavy (non-hydrogen) atoms. The third-order valence-corrected chi connectivity index (χ3v) is 6.43. The van der Waals surface area contributed by atoms with Crippen molar-refractivity contribution in [1.82, 2.24) is 0 Å². The number of benzene rings is 3. The lowest BCUT2D eigenvalue weighted by atomic mass is 9.97. The maximum Gasteiger partial charge on any atom is 0.129 e. The Bertz CT molecular complexity index is 1090. The molecule has 5 heteroatoms. The van der Waals surface area contributed by atoms with Crippen molar-refractivity contribution in [3.05, 3.63) is 105 Å². The molecule has 0 heterocycles. The Labute approximate surface area is 205 Å². The van der Waals surface area contributed by atoms with Crippen LogP contribution in [0.15, 0.2) is 42.5 Å². The van der Waals surface area contributed by atoms with Crippen LogP contribution in [0.25, 0.3) is 0 Å². The third kappa shape index (κ3) is 7.39. The van der Waals surface area contributed by atoms with Gasteiger partial charge >= 0.3 is 0 Å². The summed E-state index contributed by atoms with van der Waals surface area (Å²) < 4.78 is 72.1. The lowest BCUT2D eigenvalue weighted by Crippen LogP contribution is -2.03. The molecule has 0 aromatic heterocycles. The average molecular weight is 489 g/mol. The van der Waals surface area contributed by atoms with E-state index in [1.54, 1.807) is 12.1 Å². The van der Waals surface area contributed by atoms with Crippen LogP contribution in [-0.4, -0.2) is 0 Å². The second-order valence-corrected chi connectivity index (χ2v) is 9.21. The van der Waals surface area contributed by atoms with E-state index in [0.717, 1.165) is 25.7 Å². The molecule has 3 aromatic carbocycles. The molecule has 0 atom stereocenters. The summed E-state index contributed by atoms with van der Waals surface area (Å²) in [5, 5.41) is 0. The summed E-state index contributed by atoms with van der Waals surface area (Å²) in [6, 6.07) is 10.2. The summed E-state index contributed by atoms with van der Waals surface area (Å²) in [6.07, 6.45) is 5.46. The molecule has 0 N–H and O–H groups in total. The molecule has 0 nitrogen and oxygen atoms in total. The van der Waals surface area contributed by atoms with E-state index >= 15 is 0 Å². The van der Waals surface area contributed by atoms with Crippen LogP contribution < -0.4 is 0 Å². The number of rotatable bonds is 12. The average Bonchev–Trinajstić information content (AvgIpc) is 2.80. The first kappa shape index (κ1) is 26.9. The highest BCUT2D eigenvalue weighted by Crippen LogP contribution is 2.22. The molecular formula is C30H33F5. The Hall–Kier alpha value is -2.69. The van der Waals surface area contributed by atoms with Crippen molar-refractivity contribution >= 4 is 0 Å². The Kier molecular flexibility index (Phi) is 9.88. The van der Waals surface area contributed by atoms with Crippen LogP contribution in [0.2, 0.25) is 0 Å². The molecule has 0 aliphatic carbocycles. The molecular weight excluding hydrogens is 455 g/mol. The highest BCUT2D eigenvalue weighted by atomic mass is 19.1. The Morgan fingerprint density at radius 3 is 1.51 bits per heavy atom. The van der Waals surface area contributed by atoms with Gasteiger partial charge in [-0.15, -0.1) is 0 Å². The van der Waals surface area contributed by atoms with E-state index in [0.29, 0.717) is 54.4 Å². The van der Waals surface area contributed by atoms with Crippen molar-refractivity contribution in [1.29, 1.82) is 0 Å². The van der Waals surface area contributed by atoms with Gasteiger partial charge in [-0.3, -0.25) is 0 Å². The SMILES string of the molecule is CCCCCc1c(F)cc(CCc2ccc(CCc3c(F)cc(CCC)cc3F)cc2F)cc1F. The summed E-state index contributed by atoms with van der Waals surface area (Å²) >= 11 is 0. The molecule has 0 spiro atoms. The molecule has 0 aliphatic rings. The third-order valence-electron chi connectivity index (χ3n) is 6.43. The van der Waals surface area contributed by atoms with Crippen LogP contribution in [0.5, 0.6) is 0 Å². The van der Waals surface area contributed by atoms with Crippen molar-refractivity contribution in [2.45, 2.75) is 78.1 Å². The van der Waals surface area contributed by atoms with Crippen molar-refractivity contribution in [2.24, 2.45) is 0 Å². The van der Waals surface area contributed by atoms with Crippen LogP contribution in [0.3, 0.4) is 0 Å². The minimum Gasteiger partial charge on any atom is -0.207 e. The van der Waals surface area contributed by atoms with Crippen LogP contribution >= 0.6 is 0 Å². The molecule has 0 saturated heterocycles. The van der Waals surface area contributed by atoms with E-state index in [1.807, 2.05) is 13.8 Å². The van der Waals surface area contributed by atoms with Gasteiger partial charge in [-0.25, -0.2) is 22.0 Å². The quantitative estimate of drug-likeness (QED) is 0.177. The van der Waals surface area contributed by atoms with Crippen molar-refractivity contribution in [3.8, 4) is 0 Å². The van der Waals surface area contributed by atoms with Gasteiger partial charge in [0.25, 0.3) is 0 Å². The monoisotopic (exact) mass is 488 g/mol. The smallest absolute Gasteiger partial charge is 0.129 e. The van der Waals surface area contributed by atoms with E-state index < -0.39 is 29.1 Å². The molecule has 0 unspecified atom stereocenters. The van der Waals surface area contributed by atoms with E-state index in [9.17, 15) is 22.0 Å². The van der Waals surface area contributed by atoms with E-state index in [4.69, 9.17) is 0 Å². The summed E-state index contributed by atoms with van der Waals surface area (Å²) in [5.74, 6) is -2.66. The fourth-order valence-corrected chi connectivity index (χ4v) is 4.42. The molecule has 0 saturated carbocycles. The lowest BCUT2D eigenvalue weighted by Gasteiger charge is -2.10. The van der Waals surface area contributed by atoms with Gasteiger partial charge in [0.15, 0.2) is 0 Å². The maximum atomic E-state index is 14.7. The summed E-state index contributed by atoms with van der Waals surface area (Å²) in [5.41, 5.74) is 2.31. The number of aryl methyl sites for hydroxylation is 4. The standard InChI is InChI=1S/C30H33F5/c1-3-5-6-8-24-27(32)18-22(19-28(24)33)10-13-23-12-9-20(15-26(23)31)11-14-25-29(34)16-21(7-4-2)17-30(25)35/h9,12,15-19H,3-8,10-11,13-14H2,1-2H3. The first-order valence-corrected chi connectivity index (χ1v) is 12.5. The topological polar surface area (TPSA) is 0 Å². The van der Waals surface area contributed by atoms with E-state index in [-0.39, 0.29) is 17.5 Å². The van der Waals surface area contributed by atoms with Crippen molar-refractivity contribution in [2.75, 3.05) is 0 Å². The van der Waals surface area contributed by atoms with E-state index in [1.165, 1.54) is 30.3 Å². The largest absolute Gasteiger partial charge is 0.207 e. The molecule has 0 fully saturated rings. The fourth-order valence-electron chi connectivity index (χ4n) is 4.42. The second-order valence-electron chi connectivity index (χ2n) is 9.21. The van der Waals surface area contributed by atoms with Gasteiger partial charge in [0, 0.05) is 11.1 Å². The Morgan fingerprint density at radius 1 is 0.457 bits per heavy atom. The molecule has 0 amide bonds. The van der Waals surface area contributed by atoms with Crippen LogP contribution in [-0.2, 0) is 38.5 Å². The van der Waals surface area contributed by atoms with Crippen LogP contribution in [0.4, 0.5) is 22.0 Å². The first-order valence-electron chi connectivity index (χ1n) is 12.5. The summed E-state index contributed by atoms with van der Waals surface area (Å²) in [4.78, 5) is 0. The summed E-state index contributed by atoms with van der Waals surface area (Å²) in [6.45, 7) is 3.98. The zero-order valence-electron chi connectivity index (χ0n) is 20.5. The highest BCUT2D eigenvalue weighted by Gasteiger charge is 2.14. The number of halogens is 5. The number of unbranched alkanes of at least 4 members (excludes halogenated alkanes) is 2. The zero-order chi connectivity index (χ0) is 25.4. The molecule has 188 valence electrons. The molecule has 0 radical (unpaired) electrons. The molecule has 3 rings (SSSR count). The molecule has 3 aromatic rings. The van der Waals surface area contributed by atoms with Gasteiger partial charge in [0.1, 0.15) is 29.1 Å². The minimum absolute atomic E-state index is 0.0107. The lowest BCUT2D eigenvalue weighted by molar-refractivity contribution is 0.542. The van der Waals surface area contributed by atoms with Crippen molar-refractivity contribution in [3.63, 3.8) is 0 Å². The van der Waals surface area contributed by atoms with Crippen LogP contribution in [0.1, 0.15) is 72.9 Å². The maximum absolute atomic E-state index is 14.7. The van der Waals surface area contributed by atoms with Crippen LogP contribution in [0, 0.1) is 29.1 Å². The molecule has 0 aliphatic heterocycles. The van der Waals surface area contributed by atoms with Gasteiger partial charge in [0.05, 0.1) is 0 Å². The number of hydrogen-bond donors (Lipinski definition) is 0. The number of hydrogen-bond acceptors (Lipinski definition) is 0. The first-order chi connectivity index (χ1) is 16.8. The minimum atomic E-state index is -0.568. The Morgan fingerprint density at radius 2 is 0.971 bits per heavy atom. The zero-order valence-corrected chi connectivity index (χ0v) is 20.5. The van der Waals surface area contributed by atoms with Gasteiger partial charge in [-0.2, -0.15) is 0 Å². The summed E-state index contributed by atoms with van der Waals surface area (Å²) in [7, 11) is 0. The highest BCUT2D eigenvalue weighted by molar-refractivity contribution is 5.31. The normalized spacial score (nSPS) is 11.3. The van der Waals surface area contributed by atoms with Gasteiger partial charge in [-0.05, 0) is 97.5 Å². The van der Waals surface area contributed by atoms with Gasteiger partial charge in [0.2, 0.25) is 0 Å². The predicted molar refractivity (Wildman–Crippen MR) is 131 cm³/mol. The fraction of sp³-hybridized carbons (Fsp3) is 0.400. The predicted octanol–water partition coefficient (Wildman–Crippen LogP) is 8.64. The second kappa shape index (κ2) is 12.9.